The van der Waals surface area contributed by atoms with E-state index >= 15 is 0 Å². The third-order valence-corrected chi connectivity index (χ3v) is 3.39. The van der Waals surface area contributed by atoms with Crippen molar-refractivity contribution in [3.05, 3.63) is 35.4 Å². The second kappa shape index (κ2) is 6.01. The molecular weight excluding hydrogens is 224 g/mol. The van der Waals surface area contributed by atoms with Crippen molar-refractivity contribution in [2.45, 2.75) is 32.7 Å². The monoisotopic (exact) mass is 246 g/mol. The van der Waals surface area contributed by atoms with Crippen molar-refractivity contribution in [3.63, 3.8) is 0 Å². The molecule has 1 amide bonds. The van der Waals surface area contributed by atoms with Gasteiger partial charge in [0.05, 0.1) is 0 Å². The fraction of sp³-hybridized carbons (Fsp3) is 0.533. The lowest BCUT2D eigenvalue weighted by Gasteiger charge is -2.22. The van der Waals surface area contributed by atoms with Gasteiger partial charge in [0.1, 0.15) is 0 Å². The summed E-state index contributed by atoms with van der Waals surface area (Å²) in [5.74, 6) is 0.899. The fourth-order valence-corrected chi connectivity index (χ4v) is 2.12. The van der Waals surface area contributed by atoms with Crippen LogP contribution in [0, 0.1) is 5.92 Å². The van der Waals surface area contributed by atoms with Crippen LogP contribution in [-0.2, 0) is 6.54 Å². The summed E-state index contributed by atoms with van der Waals surface area (Å²) in [5, 5.41) is 0. The summed E-state index contributed by atoms with van der Waals surface area (Å²) in [4.78, 5) is 14.4. The molecule has 1 fully saturated rings. The minimum absolute atomic E-state index is 0.160. The van der Waals surface area contributed by atoms with Gasteiger partial charge in [-0.15, -0.1) is 0 Å². The quantitative estimate of drug-likeness (QED) is 0.838. The minimum atomic E-state index is 0.160. The highest BCUT2D eigenvalue weighted by molar-refractivity contribution is 5.94. The van der Waals surface area contributed by atoms with Gasteiger partial charge in [-0.3, -0.25) is 4.79 Å². The molecule has 0 atom stereocenters. The Hall–Kier alpha value is -1.35. The Kier molecular flexibility index (Phi) is 4.37. The molecular formula is C15H22N2O. The molecule has 0 spiro atoms. The number of amides is 1. The molecule has 3 heteroatoms. The molecule has 1 aromatic carbocycles. The van der Waals surface area contributed by atoms with E-state index in [0.717, 1.165) is 36.6 Å². The predicted octanol–water partition coefficient (Wildman–Crippen LogP) is 2.41. The molecule has 18 heavy (non-hydrogen) atoms. The van der Waals surface area contributed by atoms with Crippen LogP contribution in [-0.4, -0.2) is 23.9 Å². The molecule has 0 saturated heterocycles. The number of carbonyl (C=O) groups excluding carboxylic acids is 1. The Morgan fingerprint density at radius 1 is 1.33 bits per heavy atom. The SMILES string of the molecule is CCCN(CC1CC1)C(=O)c1ccc(CN)cc1. The fourth-order valence-electron chi connectivity index (χ4n) is 2.12. The summed E-state index contributed by atoms with van der Waals surface area (Å²) in [6.45, 7) is 4.42. The van der Waals surface area contributed by atoms with E-state index in [1.807, 2.05) is 29.2 Å². The first-order valence-electron chi connectivity index (χ1n) is 6.83. The zero-order chi connectivity index (χ0) is 13.0. The third-order valence-electron chi connectivity index (χ3n) is 3.39. The molecule has 1 aromatic rings. The molecule has 98 valence electrons. The van der Waals surface area contributed by atoms with Crippen molar-refractivity contribution in [2.75, 3.05) is 13.1 Å². The van der Waals surface area contributed by atoms with Gasteiger partial charge in [-0.25, -0.2) is 0 Å². The van der Waals surface area contributed by atoms with Gasteiger partial charge in [0.15, 0.2) is 0 Å². The van der Waals surface area contributed by atoms with Crippen LogP contribution < -0.4 is 5.73 Å². The van der Waals surface area contributed by atoms with Crippen LogP contribution in [0.5, 0.6) is 0 Å². The molecule has 0 bridgehead atoms. The maximum absolute atomic E-state index is 12.4. The largest absolute Gasteiger partial charge is 0.338 e. The molecule has 0 aromatic heterocycles. The van der Waals surface area contributed by atoms with Crippen LogP contribution in [0.25, 0.3) is 0 Å². The van der Waals surface area contributed by atoms with Gasteiger partial charge < -0.3 is 10.6 Å². The lowest BCUT2D eigenvalue weighted by atomic mass is 10.1. The molecule has 0 aliphatic heterocycles. The van der Waals surface area contributed by atoms with Gasteiger partial charge in [0.25, 0.3) is 5.91 Å². The number of hydrogen-bond acceptors (Lipinski definition) is 2. The number of nitrogens with two attached hydrogens (primary N) is 1. The number of benzene rings is 1. The van der Waals surface area contributed by atoms with Crippen LogP contribution in [0.1, 0.15) is 42.1 Å². The normalized spacial score (nSPS) is 14.6. The molecule has 2 N–H and O–H groups in total. The average molecular weight is 246 g/mol. The second-order valence-electron chi connectivity index (χ2n) is 5.10. The number of hydrogen-bond donors (Lipinski definition) is 1. The molecule has 0 heterocycles. The average Bonchev–Trinajstić information content (AvgIpc) is 3.21. The van der Waals surface area contributed by atoms with E-state index in [0.29, 0.717) is 6.54 Å². The topological polar surface area (TPSA) is 46.3 Å². The molecule has 1 aliphatic rings. The summed E-state index contributed by atoms with van der Waals surface area (Å²) in [6, 6.07) is 7.66. The van der Waals surface area contributed by atoms with Gasteiger partial charge in [0.2, 0.25) is 0 Å². The van der Waals surface area contributed by atoms with E-state index in [9.17, 15) is 4.79 Å². The zero-order valence-electron chi connectivity index (χ0n) is 11.1. The third kappa shape index (κ3) is 3.33. The van der Waals surface area contributed by atoms with E-state index in [4.69, 9.17) is 5.73 Å². The Balaban J connectivity index is 2.05. The zero-order valence-corrected chi connectivity index (χ0v) is 11.1. The van der Waals surface area contributed by atoms with Crippen molar-refractivity contribution in [1.82, 2.24) is 4.90 Å². The summed E-state index contributed by atoms with van der Waals surface area (Å²) < 4.78 is 0. The molecule has 3 nitrogen and oxygen atoms in total. The first-order valence-corrected chi connectivity index (χ1v) is 6.83. The maximum Gasteiger partial charge on any atom is 0.253 e. The molecule has 1 saturated carbocycles. The predicted molar refractivity (Wildman–Crippen MR) is 73.3 cm³/mol. The van der Waals surface area contributed by atoms with Crippen molar-refractivity contribution < 1.29 is 4.79 Å². The Morgan fingerprint density at radius 2 is 2.00 bits per heavy atom. The van der Waals surface area contributed by atoms with Crippen LogP contribution in [0.4, 0.5) is 0 Å². The van der Waals surface area contributed by atoms with E-state index in [1.54, 1.807) is 0 Å². The summed E-state index contributed by atoms with van der Waals surface area (Å²) in [5.41, 5.74) is 7.41. The summed E-state index contributed by atoms with van der Waals surface area (Å²) in [6.07, 6.45) is 3.57. The van der Waals surface area contributed by atoms with Crippen molar-refractivity contribution in [1.29, 1.82) is 0 Å². The number of carbonyl (C=O) groups is 1. The Bertz CT molecular complexity index is 395. The highest BCUT2D eigenvalue weighted by Crippen LogP contribution is 2.30. The standard InChI is InChI=1S/C15H22N2O/c1-2-9-17(11-13-3-4-13)15(18)14-7-5-12(10-16)6-8-14/h5-8,13H,2-4,9-11,16H2,1H3. The van der Waals surface area contributed by atoms with Crippen LogP contribution in [0.15, 0.2) is 24.3 Å². The molecule has 0 unspecified atom stereocenters. The highest BCUT2D eigenvalue weighted by Gasteiger charge is 2.26. The highest BCUT2D eigenvalue weighted by atomic mass is 16.2. The van der Waals surface area contributed by atoms with Crippen molar-refractivity contribution >= 4 is 5.91 Å². The second-order valence-corrected chi connectivity index (χ2v) is 5.10. The van der Waals surface area contributed by atoms with Gasteiger partial charge in [-0.05, 0) is 42.9 Å². The van der Waals surface area contributed by atoms with Crippen LogP contribution >= 0.6 is 0 Å². The van der Waals surface area contributed by atoms with Gasteiger partial charge >= 0.3 is 0 Å². The number of rotatable bonds is 6. The van der Waals surface area contributed by atoms with Gasteiger partial charge in [0, 0.05) is 25.2 Å². The van der Waals surface area contributed by atoms with Crippen molar-refractivity contribution in [3.8, 4) is 0 Å². The van der Waals surface area contributed by atoms with Crippen LogP contribution in [0.2, 0.25) is 0 Å². The smallest absolute Gasteiger partial charge is 0.253 e. The first-order chi connectivity index (χ1) is 8.74. The van der Waals surface area contributed by atoms with E-state index in [-0.39, 0.29) is 5.91 Å². The van der Waals surface area contributed by atoms with Crippen molar-refractivity contribution in [2.24, 2.45) is 11.7 Å². The minimum Gasteiger partial charge on any atom is -0.338 e. The number of nitrogens with zero attached hydrogens (tertiary/aromatic N) is 1. The van der Waals surface area contributed by atoms with E-state index in [2.05, 4.69) is 6.92 Å². The Morgan fingerprint density at radius 3 is 2.50 bits per heavy atom. The molecule has 2 rings (SSSR count). The van der Waals surface area contributed by atoms with Gasteiger partial charge in [-0.1, -0.05) is 19.1 Å². The lowest BCUT2D eigenvalue weighted by molar-refractivity contribution is 0.0747. The maximum atomic E-state index is 12.4. The summed E-state index contributed by atoms with van der Waals surface area (Å²) in [7, 11) is 0. The first kappa shape index (κ1) is 13.1. The molecule has 1 aliphatic carbocycles. The summed E-state index contributed by atoms with van der Waals surface area (Å²) >= 11 is 0. The lowest BCUT2D eigenvalue weighted by Crippen LogP contribution is -2.33. The van der Waals surface area contributed by atoms with E-state index < -0.39 is 0 Å². The van der Waals surface area contributed by atoms with Crippen LogP contribution in [0.3, 0.4) is 0 Å². The Labute approximate surface area is 109 Å². The molecule has 0 radical (unpaired) electrons. The van der Waals surface area contributed by atoms with Gasteiger partial charge in [-0.2, -0.15) is 0 Å². The van der Waals surface area contributed by atoms with E-state index in [1.165, 1.54) is 12.8 Å².